The molecule has 2 aromatic carbocycles. The largest absolute Gasteiger partial charge is 0.495 e. The number of anilines is 1. The summed E-state index contributed by atoms with van der Waals surface area (Å²) in [5.74, 6) is 1.24. The van der Waals surface area contributed by atoms with Crippen molar-refractivity contribution >= 4 is 22.5 Å². The number of aromatic nitrogens is 2. The summed E-state index contributed by atoms with van der Waals surface area (Å²) in [7, 11) is 1.64. The van der Waals surface area contributed by atoms with Crippen LogP contribution in [0.25, 0.3) is 10.9 Å². The molecule has 1 aliphatic heterocycles. The van der Waals surface area contributed by atoms with E-state index in [-0.39, 0.29) is 5.91 Å². The fraction of sp³-hybridized carbons (Fsp3) is 0.276. The first kappa shape index (κ1) is 22.8. The highest BCUT2D eigenvalue weighted by Gasteiger charge is 2.25. The third kappa shape index (κ3) is 5.43. The summed E-state index contributed by atoms with van der Waals surface area (Å²) in [4.78, 5) is 24.0. The van der Waals surface area contributed by atoms with Gasteiger partial charge in [0.05, 0.1) is 18.3 Å². The number of pyridine rings is 2. The van der Waals surface area contributed by atoms with Gasteiger partial charge >= 0.3 is 0 Å². The lowest BCUT2D eigenvalue weighted by atomic mass is 9.90. The predicted molar refractivity (Wildman–Crippen MR) is 139 cm³/mol. The van der Waals surface area contributed by atoms with Crippen LogP contribution in [0.2, 0.25) is 0 Å². The van der Waals surface area contributed by atoms with Crippen molar-refractivity contribution in [3.63, 3.8) is 0 Å². The van der Waals surface area contributed by atoms with Gasteiger partial charge in [-0.2, -0.15) is 0 Å². The molecule has 6 heteroatoms. The zero-order valence-corrected chi connectivity index (χ0v) is 20.0. The average molecular weight is 467 g/mol. The second-order valence-corrected chi connectivity index (χ2v) is 9.12. The Bertz CT molecular complexity index is 1310. The van der Waals surface area contributed by atoms with E-state index in [4.69, 9.17) is 4.74 Å². The van der Waals surface area contributed by atoms with Crippen LogP contribution >= 0.6 is 0 Å². The van der Waals surface area contributed by atoms with Gasteiger partial charge in [0.15, 0.2) is 0 Å². The van der Waals surface area contributed by atoms with Crippen LogP contribution in [0.3, 0.4) is 0 Å². The molecule has 35 heavy (non-hydrogen) atoms. The van der Waals surface area contributed by atoms with Gasteiger partial charge in [-0.15, -0.1) is 0 Å². The van der Waals surface area contributed by atoms with Crippen LogP contribution in [0.4, 0.5) is 5.69 Å². The van der Waals surface area contributed by atoms with E-state index in [0.717, 1.165) is 49.1 Å². The van der Waals surface area contributed by atoms with Crippen LogP contribution in [0, 0.1) is 5.92 Å². The molecular weight excluding hydrogens is 436 g/mol. The molecule has 178 valence electrons. The standard InChI is InChI=1S/C29H30N4O2/c1-35-28-11-9-25(17-27(28)32-19-23-5-2-12-30-18-23)29(34)33-14-4-6-22(20-33)15-21-8-10-26-24(16-21)7-3-13-31-26/h2-3,5,7-13,16-18,22,32H,4,6,14-15,19-20H2,1H3. The number of ether oxygens (including phenoxy) is 1. The van der Waals surface area contributed by atoms with Crippen LogP contribution in [-0.4, -0.2) is 41.0 Å². The van der Waals surface area contributed by atoms with Crippen molar-refractivity contribution in [2.24, 2.45) is 5.92 Å². The Kier molecular flexibility index (Phi) is 6.89. The summed E-state index contributed by atoms with van der Waals surface area (Å²) in [5.41, 5.74) is 4.87. The number of hydrogen-bond donors (Lipinski definition) is 1. The number of carbonyl (C=O) groups is 1. The highest BCUT2D eigenvalue weighted by molar-refractivity contribution is 5.95. The number of amides is 1. The molecule has 1 unspecified atom stereocenters. The number of nitrogens with one attached hydrogen (secondary N) is 1. The Balaban J connectivity index is 1.27. The normalized spacial score (nSPS) is 15.7. The second-order valence-electron chi connectivity index (χ2n) is 9.12. The molecule has 6 nitrogen and oxygen atoms in total. The smallest absolute Gasteiger partial charge is 0.253 e. The Hall–Kier alpha value is -3.93. The van der Waals surface area contributed by atoms with E-state index in [0.29, 0.717) is 23.8 Å². The topological polar surface area (TPSA) is 67.3 Å². The minimum atomic E-state index is 0.0736. The third-order valence-corrected chi connectivity index (χ3v) is 6.65. The highest BCUT2D eigenvalue weighted by Crippen LogP contribution is 2.28. The number of hydrogen-bond acceptors (Lipinski definition) is 5. The van der Waals surface area contributed by atoms with Gasteiger partial charge in [0, 0.05) is 49.2 Å². The number of fused-ring (bicyclic) bond motifs is 1. The third-order valence-electron chi connectivity index (χ3n) is 6.65. The van der Waals surface area contributed by atoms with E-state index in [9.17, 15) is 4.79 Å². The number of piperidine rings is 1. The van der Waals surface area contributed by atoms with E-state index in [1.54, 1.807) is 13.3 Å². The van der Waals surface area contributed by atoms with Crippen LogP contribution in [0.15, 0.2) is 79.3 Å². The van der Waals surface area contributed by atoms with Crippen molar-refractivity contribution in [2.75, 3.05) is 25.5 Å². The Morgan fingerprint density at radius 2 is 2.00 bits per heavy atom. The quantitative estimate of drug-likeness (QED) is 0.398. The van der Waals surface area contributed by atoms with Gasteiger partial charge in [-0.1, -0.05) is 18.2 Å². The Labute approximate surface area is 206 Å². The first-order valence-corrected chi connectivity index (χ1v) is 12.1. The zero-order chi connectivity index (χ0) is 24.0. The van der Waals surface area contributed by atoms with E-state index in [1.807, 2.05) is 53.7 Å². The van der Waals surface area contributed by atoms with Crippen LogP contribution < -0.4 is 10.1 Å². The average Bonchev–Trinajstić information content (AvgIpc) is 2.92. The summed E-state index contributed by atoms with van der Waals surface area (Å²) in [6, 6.07) is 20.1. The van der Waals surface area contributed by atoms with Gasteiger partial charge in [0.2, 0.25) is 0 Å². The number of benzene rings is 2. The molecule has 5 rings (SSSR count). The van der Waals surface area contributed by atoms with Gasteiger partial charge in [-0.25, -0.2) is 0 Å². The molecule has 0 radical (unpaired) electrons. The summed E-state index contributed by atoms with van der Waals surface area (Å²) in [6.07, 6.45) is 8.53. The molecular formula is C29H30N4O2. The Morgan fingerprint density at radius 3 is 2.86 bits per heavy atom. The van der Waals surface area contributed by atoms with Crippen LogP contribution in [-0.2, 0) is 13.0 Å². The number of nitrogens with zero attached hydrogens (tertiary/aromatic N) is 3. The number of rotatable bonds is 7. The molecule has 1 fully saturated rings. The minimum Gasteiger partial charge on any atom is -0.495 e. The summed E-state index contributed by atoms with van der Waals surface area (Å²) < 4.78 is 5.52. The van der Waals surface area contributed by atoms with Crippen LogP contribution in [0.5, 0.6) is 5.75 Å². The van der Waals surface area contributed by atoms with Gasteiger partial charge in [0.1, 0.15) is 5.75 Å². The molecule has 1 N–H and O–H groups in total. The van der Waals surface area contributed by atoms with Gasteiger partial charge < -0.3 is 15.0 Å². The molecule has 2 aromatic heterocycles. The van der Waals surface area contributed by atoms with E-state index in [2.05, 4.69) is 39.6 Å². The summed E-state index contributed by atoms with van der Waals surface area (Å²) in [5, 5.41) is 4.56. The summed E-state index contributed by atoms with van der Waals surface area (Å²) in [6.45, 7) is 2.17. The van der Waals surface area contributed by atoms with E-state index in [1.165, 1.54) is 10.9 Å². The molecule has 4 aromatic rings. The van der Waals surface area contributed by atoms with Gasteiger partial charge in [-0.3, -0.25) is 14.8 Å². The lowest BCUT2D eigenvalue weighted by Gasteiger charge is -2.33. The van der Waals surface area contributed by atoms with E-state index < -0.39 is 0 Å². The Morgan fingerprint density at radius 1 is 1.09 bits per heavy atom. The SMILES string of the molecule is COc1ccc(C(=O)N2CCCC(Cc3ccc4ncccc4c3)C2)cc1NCc1cccnc1. The minimum absolute atomic E-state index is 0.0736. The van der Waals surface area contributed by atoms with Crippen molar-refractivity contribution in [1.29, 1.82) is 0 Å². The lowest BCUT2D eigenvalue weighted by Crippen LogP contribution is -2.40. The van der Waals surface area contributed by atoms with Crippen molar-refractivity contribution in [2.45, 2.75) is 25.8 Å². The van der Waals surface area contributed by atoms with Crippen molar-refractivity contribution < 1.29 is 9.53 Å². The monoisotopic (exact) mass is 466 g/mol. The molecule has 1 saturated heterocycles. The number of carbonyl (C=O) groups excluding carboxylic acids is 1. The molecule has 0 spiro atoms. The van der Waals surface area contributed by atoms with E-state index >= 15 is 0 Å². The predicted octanol–water partition coefficient (Wildman–Crippen LogP) is 5.35. The first-order chi connectivity index (χ1) is 17.2. The number of likely N-dealkylation sites (tertiary alicyclic amines) is 1. The number of methoxy groups -OCH3 is 1. The molecule has 0 bridgehead atoms. The maximum Gasteiger partial charge on any atom is 0.253 e. The molecule has 1 amide bonds. The molecule has 0 aliphatic carbocycles. The van der Waals surface area contributed by atoms with Crippen LogP contribution in [0.1, 0.15) is 34.3 Å². The lowest BCUT2D eigenvalue weighted by molar-refractivity contribution is 0.0673. The molecule has 0 saturated carbocycles. The van der Waals surface area contributed by atoms with Crippen molar-refractivity contribution in [1.82, 2.24) is 14.9 Å². The molecule has 1 atom stereocenters. The fourth-order valence-electron chi connectivity index (χ4n) is 4.86. The maximum absolute atomic E-state index is 13.4. The zero-order valence-electron chi connectivity index (χ0n) is 20.0. The second kappa shape index (κ2) is 10.6. The van der Waals surface area contributed by atoms with Crippen molar-refractivity contribution in [3.05, 3.63) is 95.9 Å². The fourth-order valence-corrected chi connectivity index (χ4v) is 4.86. The van der Waals surface area contributed by atoms with Gasteiger partial charge in [0.25, 0.3) is 5.91 Å². The summed E-state index contributed by atoms with van der Waals surface area (Å²) >= 11 is 0. The molecule has 1 aliphatic rings. The first-order valence-electron chi connectivity index (χ1n) is 12.1. The molecule has 3 heterocycles. The van der Waals surface area contributed by atoms with Crippen molar-refractivity contribution in [3.8, 4) is 5.75 Å². The van der Waals surface area contributed by atoms with Gasteiger partial charge in [-0.05, 0) is 78.8 Å². The highest BCUT2D eigenvalue weighted by atomic mass is 16.5. The maximum atomic E-state index is 13.4.